The summed E-state index contributed by atoms with van der Waals surface area (Å²) >= 11 is 3.54. The van der Waals surface area contributed by atoms with Crippen molar-refractivity contribution in [1.29, 1.82) is 0 Å². The molecule has 1 atom stereocenters. The lowest BCUT2D eigenvalue weighted by Crippen LogP contribution is -2.16. The molecule has 0 aliphatic heterocycles. The second kappa shape index (κ2) is 11.3. The van der Waals surface area contributed by atoms with Crippen LogP contribution in [-0.2, 0) is 6.42 Å². The fraction of sp³-hybridized carbons (Fsp3) is 0.667. The van der Waals surface area contributed by atoms with Gasteiger partial charge in [0, 0.05) is 4.47 Å². The molecule has 0 amide bonds. The number of rotatable bonds is 11. The van der Waals surface area contributed by atoms with E-state index in [2.05, 4.69) is 47.1 Å². The van der Waals surface area contributed by atoms with E-state index in [4.69, 9.17) is 5.73 Å². The first-order valence-corrected chi connectivity index (χ1v) is 9.00. The van der Waals surface area contributed by atoms with Gasteiger partial charge in [0.2, 0.25) is 0 Å². The van der Waals surface area contributed by atoms with Crippen LogP contribution in [-0.4, -0.2) is 6.54 Å². The number of nitrogens with two attached hydrogens (primary N) is 1. The molecular formula is C18H30BrN. The third-order valence-corrected chi connectivity index (χ3v) is 4.46. The summed E-state index contributed by atoms with van der Waals surface area (Å²) in [6.45, 7) is 3.08. The molecule has 0 aromatic heterocycles. The Balaban J connectivity index is 2.16. The molecule has 1 aromatic carbocycles. The third-order valence-electron chi connectivity index (χ3n) is 3.96. The minimum absolute atomic E-state index is 0.639. The Morgan fingerprint density at radius 2 is 1.75 bits per heavy atom. The van der Waals surface area contributed by atoms with Crippen molar-refractivity contribution >= 4 is 15.9 Å². The molecule has 0 radical (unpaired) electrons. The Morgan fingerprint density at radius 3 is 2.40 bits per heavy atom. The van der Waals surface area contributed by atoms with Gasteiger partial charge in [0.05, 0.1) is 0 Å². The fourth-order valence-corrected chi connectivity index (χ4v) is 3.14. The van der Waals surface area contributed by atoms with E-state index in [9.17, 15) is 0 Å². The summed E-state index contributed by atoms with van der Waals surface area (Å²) in [6, 6.07) is 8.61. The monoisotopic (exact) mass is 339 g/mol. The quantitative estimate of drug-likeness (QED) is 0.513. The van der Waals surface area contributed by atoms with Crippen molar-refractivity contribution in [2.45, 2.75) is 64.7 Å². The van der Waals surface area contributed by atoms with Crippen molar-refractivity contribution < 1.29 is 0 Å². The van der Waals surface area contributed by atoms with Crippen molar-refractivity contribution in [3.05, 3.63) is 34.3 Å². The number of hydrogen-bond donors (Lipinski definition) is 1. The highest BCUT2D eigenvalue weighted by Gasteiger charge is 2.08. The van der Waals surface area contributed by atoms with E-state index in [0.717, 1.165) is 13.0 Å². The summed E-state index contributed by atoms with van der Waals surface area (Å²) in [5, 5.41) is 0. The molecule has 20 heavy (non-hydrogen) atoms. The second-order valence-electron chi connectivity index (χ2n) is 5.85. The molecule has 0 aliphatic carbocycles. The summed E-state index contributed by atoms with van der Waals surface area (Å²) in [5.41, 5.74) is 7.33. The maximum atomic E-state index is 5.93. The maximum Gasteiger partial charge on any atom is 0.0177 e. The lowest BCUT2D eigenvalue weighted by atomic mass is 9.93. The van der Waals surface area contributed by atoms with Gasteiger partial charge in [0.25, 0.3) is 0 Å². The van der Waals surface area contributed by atoms with Crippen LogP contribution < -0.4 is 5.73 Å². The summed E-state index contributed by atoms with van der Waals surface area (Å²) in [5.74, 6) is 0.639. The Labute approximate surface area is 133 Å². The van der Waals surface area contributed by atoms with Crippen molar-refractivity contribution in [3.8, 4) is 0 Å². The zero-order valence-corrected chi connectivity index (χ0v) is 14.5. The summed E-state index contributed by atoms with van der Waals surface area (Å²) in [7, 11) is 0. The maximum absolute atomic E-state index is 5.93. The normalized spacial score (nSPS) is 12.6. The van der Waals surface area contributed by atoms with Crippen LogP contribution in [0.2, 0.25) is 0 Å². The van der Waals surface area contributed by atoms with E-state index >= 15 is 0 Å². The lowest BCUT2D eigenvalue weighted by Gasteiger charge is -2.15. The van der Waals surface area contributed by atoms with Crippen LogP contribution in [0.1, 0.15) is 63.9 Å². The molecule has 0 aliphatic rings. The van der Waals surface area contributed by atoms with Crippen molar-refractivity contribution in [3.63, 3.8) is 0 Å². The largest absolute Gasteiger partial charge is 0.330 e. The van der Waals surface area contributed by atoms with Gasteiger partial charge in [0.15, 0.2) is 0 Å². The van der Waals surface area contributed by atoms with Gasteiger partial charge in [-0.15, -0.1) is 0 Å². The minimum Gasteiger partial charge on any atom is -0.330 e. The number of benzene rings is 1. The van der Waals surface area contributed by atoms with Gasteiger partial charge in [-0.25, -0.2) is 0 Å². The standard InChI is InChI=1S/C18H30BrN/c1-2-3-4-5-6-7-8-10-17(15-20)13-16-11-9-12-18(19)14-16/h9,11-12,14,17H,2-8,10,13,15,20H2,1H3. The molecule has 0 saturated carbocycles. The van der Waals surface area contributed by atoms with E-state index in [-0.39, 0.29) is 0 Å². The van der Waals surface area contributed by atoms with E-state index in [1.54, 1.807) is 0 Å². The summed E-state index contributed by atoms with van der Waals surface area (Å²) in [4.78, 5) is 0. The van der Waals surface area contributed by atoms with Crippen molar-refractivity contribution in [2.75, 3.05) is 6.54 Å². The fourth-order valence-electron chi connectivity index (χ4n) is 2.69. The minimum atomic E-state index is 0.639. The smallest absolute Gasteiger partial charge is 0.0177 e. The first-order valence-electron chi connectivity index (χ1n) is 8.20. The van der Waals surface area contributed by atoms with E-state index in [1.807, 2.05) is 0 Å². The second-order valence-corrected chi connectivity index (χ2v) is 6.76. The lowest BCUT2D eigenvalue weighted by molar-refractivity contribution is 0.455. The zero-order valence-electron chi connectivity index (χ0n) is 12.9. The van der Waals surface area contributed by atoms with Gasteiger partial charge in [-0.1, -0.05) is 79.9 Å². The van der Waals surface area contributed by atoms with Crippen LogP contribution in [0.5, 0.6) is 0 Å². The number of hydrogen-bond acceptors (Lipinski definition) is 1. The van der Waals surface area contributed by atoms with Gasteiger partial charge < -0.3 is 5.73 Å². The number of halogens is 1. The Bertz CT molecular complexity index is 351. The molecule has 0 spiro atoms. The van der Waals surface area contributed by atoms with E-state index < -0.39 is 0 Å². The predicted octanol–water partition coefficient (Wildman–Crippen LogP) is 5.71. The molecule has 1 nitrogen and oxygen atoms in total. The SMILES string of the molecule is CCCCCCCCCC(CN)Cc1cccc(Br)c1. The molecule has 0 fully saturated rings. The molecular weight excluding hydrogens is 310 g/mol. The van der Waals surface area contributed by atoms with Crippen LogP contribution >= 0.6 is 15.9 Å². The van der Waals surface area contributed by atoms with Crippen LogP contribution in [0.3, 0.4) is 0 Å². The molecule has 0 heterocycles. The van der Waals surface area contributed by atoms with Crippen LogP contribution in [0.25, 0.3) is 0 Å². The van der Waals surface area contributed by atoms with Crippen molar-refractivity contribution in [2.24, 2.45) is 11.7 Å². The highest BCUT2D eigenvalue weighted by Crippen LogP contribution is 2.19. The molecule has 1 unspecified atom stereocenters. The van der Waals surface area contributed by atoms with Gasteiger partial charge in [0.1, 0.15) is 0 Å². The predicted molar refractivity (Wildman–Crippen MR) is 93.0 cm³/mol. The molecule has 2 N–H and O–H groups in total. The molecule has 1 rings (SSSR count). The Hall–Kier alpha value is -0.340. The van der Waals surface area contributed by atoms with Gasteiger partial charge in [-0.2, -0.15) is 0 Å². The Kier molecular flexibility index (Phi) is 10.0. The first kappa shape index (κ1) is 17.7. The zero-order chi connectivity index (χ0) is 14.6. The third kappa shape index (κ3) is 8.06. The van der Waals surface area contributed by atoms with Crippen LogP contribution in [0.4, 0.5) is 0 Å². The van der Waals surface area contributed by atoms with Gasteiger partial charge in [-0.05, 0) is 43.0 Å². The summed E-state index contributed by atoms with van der Waals surface area (Å²) in [6.07, 6.45) is 12.1. The molecule has 0 bridgehead atoms. The highest BCUT2D eigenvalue weighted by atomic mass is 79.9. The van der Waals surface area contributed by atoms with E-state index in [0.29, 0.717) is 5.92 Å². The van der Waals surface area contributed by atoms with Crippen LogP contribution in [0, 0.1) is 5.92 Å². The Morgan fingerprint density at radius 1 is 1.05 bits per heavy atom. The van der Waals surface area contributed by atoms with E-state index in [1.165, 1.54) is 61.4 Å². The van der Waals surface area contributed by atoms with Crippen LogP contribution in [0.15, 0.2) is 28.7 Å². The average Bonchev–Trinajstić information content (AvgIpc) is 2.45. The highest BCUT2D eigenvalue weighted by molar-refractivity contribution is 9.10. The molecule has 1 aromatic rings. The first-order chi connectivity index (χ1) is 9.76. The van der Waals surface area contributed by atoms with Gasteiger partial charge in [-0.3, -0.25) is 0 Å². The average molecular weight is 340 g/mol. The van der Waals surface area contributed by atoms with Gasteiger partial charge >= 0.3 is 0 Å². The topological polar surface area (TPSA) is 26.0 Å². The number of unbranched alkanes of at least 4 members (excludes halogenated alkanes) is 6. The molecule has 0 saturated heterocycles. The molecule has 2 heteroatoms. The molecule has 114 valence electrons. The summed E-state index contributed by atoms with van der Waals surface area (Å²) < 4.78 is 1.17. The van der Waals surface area contributed by atoms with Crippen molar-refractivity contribution in [1.82, 2.24) is 0 Å².